The topological polar surface area (TPSA) is 40.5 Å². The number of fused-ring (bicyclic) bond motifs is 1. The number of nitrogens with zero attached hydrogens (tertiary/aromatic N) is 1. The molecule has 0 saturated heterocycles. The zero-order chi connectivity index (χ0) is 11.7. The van der Waals surface area contributed by atoms with Crippen LogP contribution in [0.2, 0.25) is 0 Å². The van der Waals surface area contributed by atoms with Gasteiger partial charge < -0.3 is 0 Å². The summed E-state index contributed by atoms with van der Waals surface area (Å²) in [6, 6.07) is 11.7. The fourth-order valence-corrected chi connectivity index (χ4v) is 2.12. The predicted octanol–water partition coefficient (Wildman–Crippen LogP) is 2.72. The minimum absolute atomic E-state index is 0.766. The van der Waals surface area contributed by atoms with Gasteiger partial charge in [0.1, 0.15) is 0 Å². The van der Waals surface area contributed by atoms with Crippen LogP contribution in [0.1, 0.15) is 5.56 Å². The fourth-order valence-electron chi connectivity index (χ4n) is 1.79. The lowest BCUT2D eigenvalue weighted by Crippen LogP contribution is -2.19. The molecule has 0 amide bonds. The van der Waals surface area contributed by atoms with Crippen molar-refractivity contribution in [3.05, 3.63) is 42.0 Å². The van der Waals surface area contributed by atoms with E-state index in [0.29, 0.717) is 0 Å². The highest BCUT2D eigenvalue weighted by molar-refractivity contribution is 7.80. The maximum absolute atomic E-state index is 11.1. The molecular weight excluding hydrogens is 222 g/mol. The van der Waals surface area contributed by atoms with E-state index in [0.717, 1.165) is 22.0 Å². The van der Waals surface area contributed by atoms with E-state index < -0.39 is 11.3 Å². The Balaban J connectivity index is 2.72. The third kappa shape index (κ3) is 1.81. The maximum Gasteiger partial charge on any atom is 0.261 e. The van der Waals surface area contributed by atoms with Crippen LogP contribution in [-0.4, -0.2) is 15.8 Å². The standard InChI is InChI=1S/C12H13NO2S/c1-9-7-8-12(13(2)16(14)15)11-6-4-3-5-10(9)11/h3-8H,1-2H3,(H,14,15). The van der Waals surface area contributed by atoms with Crippen LogP contribution in [0.5, 0.6) is 0 Å². The first-order chi connectivity index (χ1) is 7.61. The van der Waals surface area contributed by atoms with Crippen LogP contribution in [0.25, 0.3) is 10.8 Å². The molecule has 16 heavy (non-hydrogen) atoms. The minimum Gasteiger partial charge on any atom is -0.289 e. The molecule has 0 aliphatic rings. The van der Waals surface area contributed by atoms with Crippen molar-refractivity contribution in [1.82, 2.24) is 0 Å². The van der Waals surface area contributed by atoms with Crippen molar-refractivity contribution in [2.24, 2.45) is 0 Å². The molecule has 4 heteroatoms. The summed E-state index contributed by atoms with van der Waals surface area (Å²) in [6.07, 6.45) is 0. The largest absolute Gasteiger partial charge is 0.289 e. The average molecular weight is 235 g/mol. The third-order valence-electron chi connectivity index (χ3n) is 2.69. The van der Waals surface area contributed by atoms with Gasteiger partial charge in [-0.05, 0) is 23.9 Å². The van der Waals surface area contributed by atoms with Gasteiger partial charge in [0.2, 0.25) is 0 Å². The number of benzene rings is 2. The van der Waals surface area contributed by atoms with Crippen LogP contribution >= 0.6 is 0 Å². The lowest BCUT2D eigenvalue weighted by Gasteiger charge is -2.17. The molecule has 0 heterocycles. The van der Waals surface area contributed by atoms with Gasteiger partial charge in [0.05, 0.1) is 5.69 Å². The first kappa shape index (κ1) is 11.1. The second-order valence-electron chi connectivity index (χ2n) is 3.68. The zero-order valence-corrected chi connectivity index (χ0v) is 9.99. The summed E-state index contributed by atoms with van der Waals surface area (Å²) in [7, 11) is 1.60. The minimum atomic E-state index is -1.99. The summed E-state index contributed by atoms with van der Waals surface area (Å²) >= 11 is -1.99. The monoisotopic (exact) mass is 235 g/mol. The van der Waals surface area contributed by atoms with Crippen molar-refractivity contribution in [1.29, 1.82) is 0 Å². The predicted molar refractivity (Wildman–Crippen MR) is 67.9 cm³/mol. The van der Waals surface area contributed by atoms with Crippen molar-refractivity contribution in [2.45, 2.75) is 6.92 Å². The molecule has 2 aromatic carbocycles. The lowest BCUT2D eigenvalue weighted by molar-refractivity contribution is 0.562. The van der Waals surface area contributed by atoms with E-state index in [1.807, 2.05) is 43.3 Å². The van der Waals surface area contributed by atoms with E-state index in [4.69, 9.17) is 4.55 Å². The summed E-state index contributed by atoms with van der Waals surface area (Å²) < 4.78 is 21.5. The second-order valence-corrected chi connectivity index (χ2v) is 4.68. The molecule has 0 radical (unpaired) electrons. The van der Waals surface area contributed by atoms with E-state index in [-0.39, 0.29) is 0 Å². The van der Waals surface area contributed by atoms with Crippen LogP contribution in [0.15, 0.2) is 36.4 Å². The summed E-state index contributed by atoms with van der Waals surface area (Å²) in [5, 5.41) is 2.10. The number of anilines is 1. The molecular formula is C12H13NO2S. The highest BCUT2D eigenvalue weighted by Gasteiger charge is 2.10. The van der Waals surface area contributed by atoms with E-state index in [1.165, 1.54) is 4.31 Å². The van der Waals surface area contributed by atoms with E-state index in [2.05, 4.69) is 0 Å². The quantitative estimate of drug-likeness (QED) is 0.813. The van der Waals surface area contributed by atoms with Crippen LogP contribution in [0.3, 0.4) is 0 Å². The van der Waals surface area contributed by atoms with Gasteiger partial charge in [-0.1, -0.05) is 30.3 Å². The summed E-state index contributed by atoms with van der Waals surface area (Å²) in [5.74, 6) is 0. The van der Waals surface area contributed by atoms with E-state index in [1.54, 1.807) is 7.05 Å². The van der Waals surface area contributed by atoms with E-state index in [9.17, 15) is 4.21 Å². The van der Waals surface area contributed by atoms with Crippen LogP contribution < -0.4 is 4.31 Å². The van der Waals surface area contributed by atoms with Gasteiger partial charge >= 0.3 is 0 Å². The molecule has 1 atom stereocenters. The molecule has 0 aliphatic carbocycles. The van der Waals surface area contributed by atoms with Crippen molar-refractivity contribution in [2.75, 3.05) is 11.4 Å². The molecule has 2 rings (SSSR count). The Kier molecular flexibility index (Phi) is 2.94. The SMILES string of the molecule is Cc1ccc(N(C)S(=O)O)c2ccccc12. The number of rotatable bonds is 2. The number of aryl methyl sites for hydroxylation is 1. The zero-order valence-electron chi connectivity index (χ0n) is 9.18. The molecule has 1 unspecified atom stereocenters. The maximum atomic E-state index is 11.1. The Morgan fingerprint density at radius 3 is 2.38 bits per heavy atom. The van der Waals surface area contributed by atoms with Crippen LogP contribution in [-0.2, 0) is 11.3 Å². The number of hydrogen-bond donors (Lipinski definition) is 1. The first-order valence-electron chi connectivity index (χ1n) is 4.94. The van der Waals surface area contributed by atoms with Crippen molar-refractivity contribution in [3.8, 4) is 0 Å². The Morgan fingerprint density at radius 1 is 1.12 bits per heavy atom. The van der Waals surface area contributed by atoms with Gasteiger partial charge in [0.15, 0.2) is 0 Å². The summed E-state index contributed by atoms with van der Waals surface area (Å²) in [6.45, 7) is 2.03. The smallest absolute Gasteiger partial charge is 0.261 e. The number of hydrogen-bond acceptors (Lipinski definition) is 1. The van der Waals surface area contributed by atoms with Crippen molar-refractivity contribution < 1.29 is 8.76 Å². The molecule has 0 bridgehead atoms. The normalized spacial score (nSPS) is 12.7. The van der Waals surface area contributed by atoms with Crippen molar-refractivity contribution >= 4 is 27.7 Å². The molecule has 0 spiro atoms. The average Bonchev–Trinajstić information content (AvgIpc) is 2.29. The summed E-state index contributed by atoms with van der Waals surface area (Å²) in [5.41, 5.74) is 1.93. The summed E-state index contributed by atoms with van der Waals surface area (Å²) in [4.78, 5) is 0. The fraction of sp³-hybridized carbons (Fsp3) is 0.167. The van der Waals surface area contributed by atoms with Crippen LogP contribution in [0.4, 0.5) is 5.69 Å². The highest BCUT2D eigenvalue weighted by Crippen LogP contribution is 2.28. The van der Waals surface area contributed by atoms with Crippen LogP contribution in [0, 0.1) is 6.92 Å². The molecule has 0 saturated carbocycles. The highest BCUT2D eigenvalue weighted by atomic mass is 32.2. The Labute approximate surface area is 97.1 Å². The van der Waals surface area contributed by atoms with Gasteiger partial charge in [-0.25, -0.2) is 4.21 Å². The van der Waals surface area contributed by atoms with Gasteiger partial charge in [-0.2, -0.15) is 0 Å². The van der Waals surface area contributed by atoms with Gasteiger partial charge in [-0.3, -0.25) is 8.86 Å². The lowest BCUT2D eigenvalue weighted by atomic mass is 10.0. The Morgan fingerprint density at radius 2 is 1.75 bits per heavy atom. The Hall–Kier alpha value is -1.39. The van der Waals surface area contributed by atoms with Crippen molar-refractivity contribution in [3.63, 3.8) is 0 Å². The molecule has 0 aromatic heterocycles. The molecule has 1 N–H and O–H groups in total. The van der Waals surface area contributed by atoms with E-state index >= 15 is 0 Å². The molecule has 3 nitrogen and oxygen atoms in total. The first-order valence-corrected chi connectivity index (χ1v) is 6.00. The molecule has 0 fully saturated rings. The molecule has 84 valence electrons. The second kappa shape index (κ2) is 4.23. The molecule has 2 aromatic rings. The van der Waals surface area contributed by atoms with Gasteiger partial charge in [-0.15, -0.1) is 0 Å². The van der Waals surface area contributed by atoms with Gasteiger partial charge in [0, 0.05) is 12.4 Å². The third-order valence-corrected chi connectivity index (χ3v) is 3.36. The molecule has 0 aliphatic heterocycles. The Bertz CT molecular complexity index is 554. The van der Waals surface area contributed by atoms with Gasteiger partial charge in [0.25, 0.3) is 11.3 Å².